The van der Waals surface area contributed by atoms with Crippen LogP contribution in [0.3, 0.4) is 0 Å². The number of hydrogen-bond acceptors (Lipinski definition) is 5. The van der Waals surface area contributed by atoms with Crippen molar-refractivity contribution in [3.63, 3.8) is 0 Å². The molecule has 2 N–H and O–H groups in total. The van der Waals surface area contributed by atoms with Gasteiger partial charge in [-0.1, -0.05) is 23.7 Å². The highest BCUT2D eigenvalue weighted by atomic mass is 35.5. The average Bonchev–Trinajstić information content (AvgIpc) is 3.14. The fraction of sp³-hybridized carbons (Fsp3) is 0.381. The zero-order chi connectivity index (χ0) is 19.5. The van der Waals surface area contributed by atoms with Gasteiger partial charge in [0.15, 0.2) is 0 Å². The summed E-state index contributed by atoms with van der Waals surface area (Å²) in [5.41, 5.74) is 8.57. The predicted octanol–water partition coefficient (Wildman–Crippen LogP) is 4.28. The van der Waals surface area contributed by atoms with E-state index < -0.39 is 0 Å². The van der Waals surface area contributed by atoms with Crippen LogP contribution in [0, 0.1) is 0 Å². The third kappa shape index (κ3) is 4.09. The summed E-state index contributed by atoms with van der Waals surface area (Å²) in [4.78, 5) is 8.59. The number of aromatic nitrogens is 4. The molecule has 4 rings (SSSR count). The highest BCUT2D eigenvalue weighted by Crippen LogP contribution is 2.39. The van der Waals surface area contributed by atoms with Crippen LogP contribution in [0.5, 0.6) is 0 Å². The van der Waals surface area contributed by atoms with Crippen molar-refractivity contribution in [3.8, 4) is 22.5 Å². The molecule has 1 saturated heterocycles. The van der Waals surface area contributed by atoms with Gasteiger partial charge in [-0.05, 0) is 44.9 Å². The smallest absolute Gasteiger partial charge is 0.116 e. The lowest BCUT2D eigenvalue weighted by Crippen LogP contribution is -2.46. The number of nitrogens with zero attached hydrogens (tertiary/aromatic N) is 4. The molecule has 2 aromatic heterocycles. The molecule has 0 unspecified atom stereocenters. The molecular weight excluding hydrogens is 372 g/mol. The lowest BCUT2D eigenvalue weighted by molar-refractivity contribution is 0.127. The summed E-state index contributed by atoms with van der Waals surface area (Å²) in [5.74, 6) is 0.420. The fourth-order valence-corrected chi connectivity index (χ4v) is 3.95. The molecule has 0 amide bonds. The zero-order valence-corrected chi connectivity index (χ0v) is 16.9. The highest BCUT2D eigenvalue weighted by molar-refractivity contribution is 6.30. The van der Waals surface area contributed by atoms with Crippen molar-refractivity contribution < 1.29 is 0 Å². The molecule has 1 aliphatic heterocycles. The van der Waals surface area contributed by atoms with Crippen molar-refractivity contribution in [1.82, 2.24) is 30.6 Å². The van der Waals surface area contributed by atoms with E-state index in [9.17, 15) is 0 Å². The topological polar surface area (TPSA) is 69.7 Å². The summed E-state index contributed by atoms with van der Waals surface area (Å²) in [6.07, 6.45) is 5.51. The van der Waals surface area contributed by atoms with E-state index in [0.717, 1.165) is 54.1 Å². The van der Waals surface area contributed by atoms with E-state index in [1.165, 1.54) is 0 Å². The maximum atomic E-state index is 6.07. The van der Waals surface area contributed by atoms with E-state index in [2.05, 4.69) is 44.4 Å². The quantitative estimate of drug-likeness (QED) is 0.673. The second-order valence-electron chi connectivity index (χ2n) is 7.51. The molecule has 7 heteroatoms. The lowest BCUT2D eigenvalue weighted by atomic mass is 9.89. The molecule has 0 atom stereocenters. The molecule has 6 nitrogen and oxygen atoms in total. The van der Waals surface area contributed by atoms with Gasteiger partial charge in [0.25, 0.3) is 0 Å². The minimum absolute atomic E-state index is 0.420. The van der Waals surface area contributed by atoms with Crippen LogP contribution in [-0.2, 0) is 0 Å². The molecule has 0 radical (unpaired) electrons. The number of benzene rings is 1. The number of aromatic amines is 1. The fourth-order valence-electron chi connectivity index (χ4n) is 3.83. The first-order valence-corrected chi connectivity index (χ1v) is 10.1. The SMILES string of the molecule is CC(C)NN1CCC(c2[nH]nc(-c3ccc(Cl)cc3)c2-c2ccncn2)CC1. The molecule has 146 valence electrons. The molecule has 0 bridgehead atoms. The summed E-state index contributed by atoms with van der Waals surface area (Å²) < 4.78 is 0. The van der Waals surface area contributed by atoms with Crippen LogP contribution >= 0.6 is 11.6 Å². The molecule has 1 aliphatic rings. The highest BCUT2D eigenvalue weighted by Gasteiger charge is 2.27. The Morgan fingerprint density at radius 3 is 2.54 bits per heavy atom. The van der Waals surface area contributed by atoms with Crippen molar-refractivity contribution in [2.45, 2.75) is 38.6 Å². The summed E-state index contributed by atoms with van der Waals surface area (Å²) in [6, 6.07) is 10.2. The van der Waals surface area contributed by atoms with E-state index in [0.29, 0.717) is 17.0 Å². The Labute approximate surface area is 170 Å². The van der Waals surface area contributed by atoms with Crippen LogP contribution in [0.1, 0.15) is 38.3 Å². The second-order valence-corrected chi connectivity index (χ2v) is 7.94. The van der Waals surface area contributed by atoms with Gasteiger partial charge in [0.1, 0.15) is 12.0 Å². The number of hydrazine groups is 1. The van der Waals surface area contributed by atoms with E-state index in [-0.39, 0.29) is 0 Å². The molecule has 3 heterocycles. The summed E-state index contributed by atoms with van der Waals surface area (Å²) in [7, 11) is 0. The van der Waals surface area contributed by atoms with Crippen molar-refractivity contribution in [3.05, 3.63) is 53.6 Å². The van der Waals surface area contributed by atoms with Crippen molar-refractivity contribution in [2.75, 3.05) is 13.1 Å². The largest absolute Gasteiger partial charge is 0.281 e. The van der Waals surface area contributed by atoms with Crippen LogP contribution in [0.4, 0.5) is 0 Å². The maximum absolute atomic E-state index is 6.07. The molecule has 1 aromatic carbocycles. The number of H-pyrrole nitrogens is 1. The Kier molecular flexibility index (Phi) is 5.71. The maximum Gasteiger partial charge on any atom is 0.116 e. The number of piperidine rings is 1. The van der Waals surface area contributed by atoms with Gasteiger partial charge in [-0.2, -0.15) is 5.10 Å². The minimum atomic E-state index is 0.420. The first-order chi connectivity index (χ1) is 13.6. The number of rotatable bonds is 5. The third-order valence-corrected chi connectivity index (χ3v) is 5.35. The van der Waals surface area contributed by atoms with Crippen LogP contribution < -0.4 is 5.43 Å². The molecule has 0 saturated carbocycles. The van der Waals surface area contributed by atoms with Crippen molar-refractivity contribution in [1.29, 1.82) is 0 Å². The van der Waals surface area contributed by atoms with Gasteiger partial charge in [-0.3, -0.25) is 10.5 Å². The van der Waals surface area contributed by atoms with Crippen LogP contribution in [-0.4, -0.2) is 44.3 Å². The van der Waals surface area contributed by atoms with E-state index >= 15 is 0 Å². The van der Waals surface area contributed by atoms with Gasteiger partial charge in [-0.25, -0.2) is 15.0 Å². The number of hydrogen-bond donors (Lipinski definition) is 2. The summed E-state index contributed by atoms with van der Waals surface area (Å²) >= 11 is 6.07. The van der Waals surface area contributed by atoms with E-state index in [1.54, 1.807) is 12.5 Å². The Balaban J connectivity index is 1.68. The van der Waals surface area contributed by atoms with Gasteiger partial charge in [0, 0.05) is 53.1 Å². The van der Waals surface area contributed by atoms with Gasteiger partial charge in [-0.15, -0.1) is 0 Å². The van der Waals surface area contributed by atoms with Gasteiger partial charge in [0.05, 0.1) is 5.69 Å². The van der Waals surface area contributed by atoms with Crippen LogP contribution in [0.15, 0.2) is 42.9 Å². The average molecular weight is 397 g/mol. The van der Waals surface area contributed by atoms with Crippen molar-refractivity contribution in [2.24, 2.45) is 0 Å². The van der Waals surface area contributed by atoms with E-state index in [1.807, 2.05) is 30.3 Å². The monoisotopic (exact) mass is 396 g/mol. The van der Waals surface area contributed by atoms with Crippen LogP contribution in [0.2, 0.25) is 5.02 Å². The second kappa shape index (κ2) is 8.39. The predicted molar refractivity (Wildman–Crippen MR) is 112 cm³/mol. The normalized spacial score (nSPS) is 16.0. The molecule has 0 spiro atoms. The Hall–Kier alpha value is -2.28. The lowest BCUT2D eigenvalue weighted by Gasteiger charge is -2.33. The zero-order valence-electron chi connectivity index (χ0n) is 16.2. The van der Waals surface area contributed by atoms with Gasteiger partial charge >= 0.3 is 0 Å². The molecule has 1 fully saturated rings. The molecular formula is C21H25ClN6. The third-order valence-electron chi connectivity index (χ3n) is 5.09. The Morgan fingerprint density at radius 2 is 1.89 bits per heavy atom. The minimum Gasteiger partial charge on any atom is -0.281 e. The Bertz CT molecular complexity index is 898. The van der Waals surface area contributed by atoms with E-state index in [4.69, 9.17) is 11.6 Å². The standard InChI is InChI=1S/C21H25ClN6/c1-14(2)27-28-11-8-16(9-12-28)21-19(18-7-10-23-13-24-18)20(25-26-21)15-3-5-17(22)6-4-15/h3-7,10,13-14,16,27H,8-9,11-12H2,1-2H3,(H,25,26). The number of nitrogens with one attached hydrogen (secondary N) is 2. The molecule has 3 aromatic rings. The number of halogens is 1. The molecule has 28 heavy (non-hydrogen) atoms. The first-order valence-electron chi connectivity index (χ1n) is 9.73. The molecule has 0 aliphatic carbocycles. The van der Waals surface area contributed by atoms with Gasteiger partial charge in [0.2, 0.25) is 0 Å². The summed E-state index contributed by atoms with van der Waals surface area (Å²) in [5, 5.41) is 11.0. The Morgan fingerprint density at radius 1 is 1.14 bits per heavy atom. The van der Waals surface area contributed by atoms with Crippen LogP contribution in [0.25, 0.3) is 22.5 Å². The van der Waals surface area contributed by atoms with Crippen molar-refractivity contribution >= 4 is 11.6 Å². The summed E-state index contributed by atoms with van der Waals surface area (Å²) in [6.45, 7) is 6.38. The van der Waals surface area contributed by atoms with Gasteiger partial charge < -0.3 is 0 Å². The first kappa shape index (κ1) is 19.1.